The van der Waals surface area contributed by atoms with E-state index in [0.717, 1.165) is 19.6 Å². The number of ether oxygens (including phenoxy) is 1. The van der Waals surface area contributed by atoms with Crippen LogP contribution < -0.4 is 0 Å². The molecule has 3 rings (SSSR count). The fraction of sp³-hybridized carbons (Fsp3) is 0.579. The van der Waals surface area contributed by atoms with E-state index in [1.165, 1.54) is 20.0 Å². The molecule has 2 aliphatic heterocycles. The Morgan fingerprint density at radius 3 is 2.52 bits per heavy atom. The molecule has 0 radical (unpaired) electrons. The molecule has 0 bridgehead atoms. The van der Waals surface area contributed by atoms with Crippen LogP contribution in [0.25, 0.3) is 0 Å². The first-order chi connectivity index (χ1) is 13.0. The standard InChI is InChI=1S/C19H25Cl2N3O3/c1-27-19(26)24-9-8-23(15(12-24)11-22-6-2-3-7-22)13-18(25)14-4-5-16(20)17(21)10-14/h4-5,10,15H,2-3,6-9,11-13H2,1H3. The molecule has 2 aliphatic rings. The number of carbonyl (C=O) groups excluding carboxylic acids is 2. The van der Waals surface area contributed by atoms with Gasteiger partial charge in [-0.05, 0) is 44.1 Å². The van der Waals surface area contributed by atoms with Gasteiger partial charge in [0.2, 0.25) is 0 Å². The fourth-order valence-electron chi connectivity index (χ4n) is 3.78. The van der Waals surface area contributed by atoms with Crippen molar-refractivity contribution >= 4 is 35.1 Å². The van der Waals surface area contributed by atoms with Gasteiger partial charge in [0.15, 0.2) is 5.78 Å². The Kier molecular flexibility index (Phi) is 6.98. The Balaban J connectivity index is 1.69. The molecule has 1 aromatic rings. The van der Waals surface area contributed by atoms with Crippen LogP contribution in [-0.2, 0) is 4.74 Å². The monoisotopic (exact) mass is 413 g/mol. The Bertz CT molecular complexity index is 695. The highest BCUT2D eigenvalue weighted by molar-refractivity contribution is 6.42. The Morgan fingerprint density at radius 1 is 1.11 bits per heavy atom. The van der Waals surface area contributed by atoms with E-state index in [4.69, 9.17) is 27.9 Å². The highest BCUT2D eigenvalue weighted by atomic mass is 35.5. The molecule has 1 aromatic carbocycles. The minimum absolute atomic E-state index is 0.00602. The summed E-state index contributed by atoms with van der Waals surface area (Å²) in [5.41, 5.74) is 0.555. The lowest BCUT2D eigenvalue weighted by Crippen LogP contribution is -2.58. The van der Waals surface area contributed by atoms with E-state index < -0.39 is 0 Å². The van der Waals surface area contributed by atoms with Crippen LogP contribution in [0.1, 0.15) is 23.2 Å². The molecule has 8 heteroatoms. The molecular formula is C19H25Cl2N3O3. The summed E-state index contributed by atoms with van der Waals surface area (Å²) < 4.78 is 4.88. The number of likely N-dealkylation sites (tertiary alicyclic amines) is 1. The maximum absolute atomic E-state index is 12.8. The number of hydrogen-bond donors (Lipinski definition) is 0. The highest BCUT2D eigenvalue weighted by Crippen LogP contribution is 2.23. The molecule has 2 saturated heterocycles. The number of nitrogens with zero attached hydrogens (tertiary/aromatic N) is 3. The second-order valence-electron chi connectivity index (χ2n) is 7.10. The van der Waals surface area contributed by atoms with Crippen LogP contribution in [0.3, 0.4) is 0 Å². The topological polar surface area (TPSA) is 53.1 Å². The largest absolute Gasteiger partial charge is 0.453 e. The molecule has 27 heavy (non-hydrogen) atoms. The first kappa shape index (κ1) is 20.4. The molecule has 1 unspecified atom stereocenters. The van der Waals surface area contributed by atoms with Crippen molar-refractivity contribution in [2.75, 3.05) is 52.9 Å². The lowest BCUT2D eigenvalue weighted by Gasteiger charge is -2.41. The normalized spacial score (nSPS) is 21.4. The van der Waals surface area contributed by atoms with Crippen molar-refractivity contribution in [3.05, 3.63) is 33.8 Å². The average molecular weight is 414 g/mol. The summed E-state index contributed by atoms with van der Waals surface area (Å²) in [7, 11) is 1.40. The average Bonchev–Trinajstić information content (AvgIpc) is 3.17. The summed E-state index contributed by atoms with van der Waals surface area (Å²) in [6, 6.07) is 5.07. The first-order valence-corrected chi connectivity index (χ1v) is 10.0. The van der Waals surface area contributed by atoms with Crippen LogP contribution in [0.15, 0.2) is 18.2 Å². The van der Waals surface area contributed by atoms with E-state index in [9.17, 15) is 9.59 Å². The van der Waals surface area contributed by atoms with E-state index in [-0.39, 0.29) is 17.9 Å². The number of ketones is 1. The molecule has 148 valence electrons. The van der Waals surface area contributed by atoms with Crippen molar-refractivity contribution in [1.29, 1.82) is 0 Å². The highest BCUT2D eigenvalue weighted by Gasteiger charge is 2.33. The van der Waals surface area contributed by atoms with Crippen LogP contribution in [-0.4, -0.2) is 85.5 Å². The second kappa shape index (κ2) is 9.24. The molecule has 0 aliphatic carbocycles. The van der Waals surface area contributed by atoms with Gasteiger partial charge < -0.3 is 14.5 Å². The molecule has 6 nitrogen and oxygen atoms in total. The van der Waals surface area contributed by atoms with Gasteiger partial charge in [-0.3, -0.25) is 9.69 Å². The lowest BCUT2D eigenvalue weighted by atomic mass is 10.1. The summed E-state index contributed by atoms with van der Waals surface area (Å²) in [5, 5.41) is 0.818. The number of Topliss-reactive ketones (excluding diaryl/α,β-unsaturated/α-hetero) is 1. The van der Waals surface area contributed by atoms with Gasteiger partial charge in [0.1, 0.15) is 0 Å². The molecule has 0 N–H and O–H groups in total. The quantitative estimate of drug-likeness (QED) is 0.694. The number of benzene rings is 1. The van der Waals surface area contributed by atoms with E-state index in [0.29, 0.717) is 41.8 Å². The van der Waals surface area contributed by atoms with E-state index in [2.05, 4.69) is 9.80 Å². The van der Waals surface area contributed by atoms with Gasteiger partial charge in [-0.1, -0.05) is 23.2 Å². The zero-order chi connectivity index (χ0) is 19.4. The number of rotatable bonds is 5. The lowest BCUT2D eigenvalue weighted by molar-refractivity contribution is 0.0450. The van der Waals surface area contributed by atoms with Crippen molar-refractivity contribution in [3.8, 4) is 0 Å². The summed E-state index contributed by atoms with van der Waals surface area (Å²) >= 11 is 12.0. The van der Waals surface area contributed by atoms with E-state index >= 15 is 0 Å². The van der Waals surface area contributed by atoms with Gasteiger partial charge in [-0.15, -0.1) is 0 Å². The summed E-state index contributed by atoms with van der Waals surface area (Å²) in [6.45, 7) is 5.05. The first-order valence-electron chi connectivity index (χ1n) is 9.25. The van der Waals surface area contributed by atoms with Crippen LogP contribution in [0.4, 0.5) is 4.79 Å². The number of piperazine rings is 1. The van der Waals surface area contributed by atoms with E-state index in [1.807, 2.05) is 0 Å². The Labute approximate surface area is 169 Å². The summed E-state index contributed by atoms with van der Waals surface area (Å²) in [4.78, 5) is 31.0. The van der Waals surface area contributed by atoms with Crippen molar-refractivity contribution < 1.29 is 14.3 Å². The predicted octanol–water partition coefficient (Wildman–Crippen LogP) is 3.02. The smallest absolute Gasteiger partial charge is 0.409 e. The van der Waals surface area contributed by atoms with E-state index in [1.54, 1.807) is 23.1 Å². The number of carbonyl (C=O) groups is 2. The van der Waals surface area contributed by atoms with Gasteiger partial charge in [-0.2, -0.15) is 0 Å². The molecule has 2 heterocycles. The van der Waals surface area contributed by atoms with Gasteiger partial charge in [0.25, 0.3) is 0 Å². The maximum Gasteiger partial charge on any atom is 0.409 e. The third-order valence-corrected chi connectivity index (χ3v) is 6.03. The number of amides is 1. The van der Waals surface area contributed by atoms with Gasteiger partial charge in [-0.25, -0.2) is 4.79 Å². The SMILES string of the molecule is COC(=O)N1CCN(CC(=O)c2ccc(Cl)c(Cl)c2)C(CN2CCCC2)C1. The summed E-state index contributed by atoms with van der Waals surface area (Å²) in [5.74, 6) is 0.00602. The molecule has 0 spiro atoms. The number of methoxy groups -OCH3 is 1. The van der Waals surface area contributed by atoms with Crippen LogP contribution in [0.5, 0.6) is 0 Å². The Hall–Kier alpha value is -1.34. The molecular weight excluding hydrogens is 389 g/mol. The minimum Gasteiger partial charge on any atom is -0.453 e. The molecule has 0 aromatic heterocycles. The van der Waals surface area contributed by atoms with Gasteiger partial charge >= 0.3 is 6.09 Å². The van der Waals surface area contributed by atoms with Crippen LogP contribution in [0.2, 0.25) is 10.0 Å². The van der Waals surface area contributed by atoms with Crippen molar-refractivity contribution in [2.24, 2.45) is 0 Å². The fourth-order valence-corrected chi connectivity index (χ4v) is 4.08. The third kappa shape index (κ3) is 5.13. The van der Waals surface area contributed by atoms with Gasteiger partial charge in [0, 0.05) is 37.8 Å². The van der Waals surface area contributed by atoms with Crippen molar-refractivity contribution in [1.82, 2.24) is 14.7 Å². The second-order valence-corrected chi connectivity index (χ2v) is 7.91. The van der Waals surface area contributed by atoms with Crippen LogP contribution in [0, 0.1) is 0 Å². The molecule has 1 amide bonds. The number of hydrogen-bond acceptors (Lipinski definition) is 5. The minimum atomic E-state index is -0.308. The summed E-state index contributed by atoms with van der Waals surface area (Å²) in [6.07, 6.45) is 2.10. The number of halogens is 2. The Morgan fingerprint density at radius 2 is 1.85 bits per heavy atom. The third-order valence-electron chi connectivity index (χ3n) is 5.29. The van der Waals surface area contributed by atoms with Crippen molar-refractivity contribution in [2.45, 2.75) is 18.9 Å². The van der Waals surface area contributed by atoms with Crippen molar-refractivity contribution in [3.63, 3.8) is 0 Å². The van der Waals surface area contributed by atoms with Crippen LogP contribution >= 0.6 is 23.2 Å². The maximum atomic E-state index is 12.8. The predicted molar refractivity (Wildman–Crippen MR) is 106 cm³/mol. The molecule has 0 saturated carbocycles. The molecule has 2 fully saturated rings. The zero-order valence-corrected chi connectivity index (χ0v) is 17.0. The van der Waals surface area contributed by atoms with Gasteiger partial charge in [0.05, 0.1) is 23.7 Å². The zero-order valence-electron chi connectivity index (χ0n) is 15.5. The molecule has 1 atom stereocenters.